The third-order valence-corrected chi connectivity index (χ3v) is 4.34. The fourth-order valence-corrected chi connectivity index (χ4v) is 3.13. The molecule has 0 fully saturated rings. The molecule has 0 spiro atoms. The van der Waals surface area contributed by atoms with Crippen molar-refractivity contribution in [3.8, 4) is 6.07 Å². The average molecular weight is 317 g/mol. The molecule has 0 unspecified atom stereocenters. The number of fused-ring (bicyclic) bond motifs is 1. The lowest BCUT2D eigenvalue weighted by atomic mass is 10.0. The summed E-state index contributed by atoms with van der Waals surface area (Å²) in [6.07, 6.45) is 1.34. The summed E-state index contributed by atoms with van der Waals surface area (Å²) >= 11 is 0. The van der Waals surface area contributed by atoms with Crippen LogP contribution in [0.25, 0.3) is 10.8 Å². The van der Waals surface area contributed by atoms with Gasteiger partial charge in [-0.15, -0.1) is 0 Å². The van der Waals surface area contributed by atoms with Gasteiger partial charge in [-0.2, -0.15) is 10.4 Å². The maximum Gasteiger partial charge on any atom is 0.285 e. The van der Waals surface area contributed by atoms with Gasteiger partial charge in [-0.05, 0) is 34.7 Å². The fourth-order valence-electron chi connectivity index (χ4n) is 3.13. The van der Waals surface area contributed by atoms with Crippen molar-refractivity contribution in [3.05, 3.63) is 75.2 Å². The first-order valence-electron chi connectivity index (χ1n) is 8.19. The summed E-state index contributed by atoms with van der Waals surface area (Å²) in [5.74, 6) is 0. The highest BCUT2D eigenvalue weighted by atomic mass is 16.1. The first-order chi connectivity index (χ1) is 11.7. The van der Waals surface area contributed by atoms with Crippen LogP contribution in [-0.4, -0.2) is 9.78 Å². The van der Waals surface area contributed by atoms with Crippen molar-refractivity contribution in [3.63, 3.8) is 0 Å². The van der Waals surface area contributed by atoms with E-state index in [-0.39, 0.29) is 11.1 Å². The lowest BCUT2D eigenvalue weighted by Gasteiger charge is -2.13. The number of hydrogen-bond donors (Lipinski definition) is 0. The summed E-state index contributed by atoms with van der Waals surface area (Å²) in [5, 5.41) is 16.2. The second-order valence-electron chi connectivity index (χ2n) is 5.72. The minimum Gasteiger partial charge on any atom is -0.266 e. The Morgan fingerprint density at radius 2 is 1.83 bits per heavy atom. The van der Waals surface area contributed by atoms with Gasteiger partial charge in [0.05, 0.1) is 12.2 Å². The van der Waals surface area contributed by atoms with Crippen molar-refractivity contribution in [2.24, 2.45) is 0 Å². The van der Waals surface area contributed by atoms with E-state index in [4.69, 9.17) is 0 Å². The van der Waals surface area contributed by atoms with Gasteiger partial charge in [-0.25, -0.2) is 4.68 Å². The summed E-state index contributed by atoms with van der Waals surface area (Å²) < 4.78 is 1.43. The molecule has 3 aromatic rings. The average Bonchev–Trinajstić information content (AvgIpc) is 2.63. The number of nitrogens with zero attached hydrogens (tertiary/aromatic N) is 3. The molecule has 0 saturated heterocycles. The van der Waals surface area contributed by atoms with Crippen molar-refractivity contribution in [1.82, 2.24) is 9.78 Å². The van der Waals surface area contributed by atoms with Gasteiger partial charge in [0, 0.05) is 0 Å². The summed E-state index contributed by atoms with van der Waals surface area (Å²) in [6, 6.07) is 16.2. The highest BCUT2D eigenvalue weighted by Crippen LogP contribution is 2.19. The van der Waals surface area contributed by atoms with Crippen molar-refractivity contribution in [2.75, 3.05) is 0 Å². The SMILES string of the molecule is CCc1nn(Cc2cccc3ccccc23)c(=O)c(C#N)c1CC. The van der Waals surface area contributed by atoms with E-state index in [1.54, 1.807) is 0 Å². The molecule has 0 bridgehead atoms. The minimum absolute atomic E-state index is 0.226. The molecular formula is C20H19N3O. The van der Waals surface area contributed by atoms with E-state index in [0.29, 0.717) is 19.4 Å². The van der Waals surface area contributed by atoms with E-state index in [9.17, 15) is 10.1 Å². The molecule has 4 heteroatoms. The quantitative estimate of drug-likeness (QED) is 0.740. The normalized spacial score (nSPS) is 10.7. The maximum atomic E-state index is 12.7. The molecule has 0 aliphatic carbocycles. The Hall–Kier alpha value is -2.93. The molecule has 0 atom stereocenters. The van der Waals surface area contributed by atoms with Gasteiger partial charge in [-0.1, -0.05) is 56.3 Å². The summed E-state index contributed by atoms with van der Waals surface area (Å²) in [7, 11) is 0. The van der Waals surface area contributed by atoms with E-state index >= 15 is 0 Å². The minimum atomic E-state index is -0.306. The van der Waals surface area contributed by atoms with E-state index in [1.165, 1.54) is 4.68 Å². The topological polar surface area (TPSA) is 58.7 Å². The van der Waals surface area contributed by atoms with Crippen LogP contribution in [0.1, 0.15) is 36.2 Å². The van der Waals surface area contributed by atoms with Gasteiger partial charge >= 0.3 is 0 Å². The van der Waals surface area contributed by atoms with Crippen LogP contribution in [0.3, 0.4) is 0 Å². The van der Waals surface area contributed by atoms with Gasteiger partial charge in [0.15, 0.2) is 0 Å². The predicted molar refractivity (Wildman–Crippen MR) is 95.0 cm³/mol. The Morgan fingerprint density at radius 1 is 1.08 bits per heavy atom. The third-order valence-electron chi connectivity index (χ3n) is 4.34. The van der Waals surface area contributed by atoms with Crippen LogP contribution in [0.15, 0.2) is 47.3 Å². The summed E-state index contributed by atoms with van der Waals surface area (Å²) in [4.78, 5) is 12.7. The van der Waals surface area contributed by atoms with Crippen molar-refractivity contribution in [1.29, 1.82) is 5.26 Å². The molecule has 24 heavy (non-hydrogen) atoms. The Balaban J connectivity index is 2.17. The van der Waals surface area contributed by atoms with Gasteiger partial charge in [0.2, 0.25) is 0 Å². The van der Waals surface area contributed by atoms with Gasteiger partial charge in [-0.3, -0.25) is 4.79 Å². The zero-order valence-corrected chi connectivity index (χ0v) is 13.9. The Labute approximate surface area is 141 Å². The number of aromatic nitrogens is 2. The molecule has 4 nitrogen and oxygen atoms in total. The van der Waals surface area contributed by atoms with E-state index in [0.717, 1.165) is 27.6 Å². The van der Waals surface area contributed by atoms with Gasteiger partial charge in [0.25, 0.3) is 5.56 Å². The lowest BCUT2D eigenvalue weighted by Crippen LogP contribution is -2.29. The summed E-state index contributed by atoms with van der Waals surface area (Å²) in [5.41, 5.74) is 2.55. The zero-order chi connectivity index (χ0) is 17.1. The second kappa shape index (κ2) is 6.67. The first-order valence-corrected chi connectivity index (χ1v) is 8.19. The van der Waals surface area contributed by atoms with Crippen LogP contribution in [0.2, 0.25) is 0 Å². The van der Waals surface area contributed by atoms with Crippen LogP contribution >= 0.6 is 0 Å². The number of benzene rings is 2. The molecule has 0 amide bonds. The van der Waals surface area contributed by atoms with Gasteiger partial charge < -0.3 is 0 Å². The van der Waals surface area contributed by atoms with Gasteiger partial charge in [0.1, 0.15) is 11.6 Å². The van der Waals surface area contributed by atoms with Crippen LogP contribution in [0.5, 0.6) is 0 Å². The predicted octanol–water partition coefficient (Wildman–Crippen LogP) is 3.44. The number of hydrogen-bond acceptors (Lipinski definition) is 3. The van der Waals surface area contributed by atoms with Crippen LogP contribution < -0.4 is 5.56 Å². The molecule has 1 aromatic heterocycles. The third kappa shape index (κ3) is 2.69. The van der Waals surface area contributed by atoms with Crippen LogP contribution in [-0.2, 0) is 19.4 Å². The smallest absolute Gasteiger partial charge is 0.266 e. The van der Waals surface area contributed by atoms with Crippen LogP contribution in [0.4, 0.5) is 0 Å². The molecular weight excluding hydrogens is 298 g/mol. The molecule has 0 aliphatic heterocycles. The Kier molecular flexibility index (Phi) is 4.43. The molecule has 2 aromatic carbocycles. The standard InChI is InChI=1S/C20H19N3O/c1-3-16-18(12-21)20(24)23(22-19(16)4-2)13-15-10-7-9-14-8-5-6-11-17(14)15/h5-11H,3-4,13H2,1-2H3. The molecule has 0 N–H and O–H groups in total. The summed E-state index contributed by atoms with van der Waals surface area (Å²) in [6.45, 7) is 4.31. The largest absolute Gasteiger partial charge is 0.285 e. The molecule has 1 heterocycles. The lowest BCUT2D eigenvalue weighted by molar-refractivity contribution is 0.614. The highest BCUT2D eigenvalue weighted by Gasteiger charge is 2.15. The monoisotopic (exact) mass is 317 g/mol. The number of nitriles is 1. The maximum absolute atomic E-state index is 12.7. The van der Waals surface area contributed by atoms with Crippen molar-refractivity contribution < 1.29 is 0 Å². The zero-order valence-electron chi connectivity index (χ0n) is 13.9. The van der Waals surface area contributed by atoms with E-state index < -0.39 is 0 Å². The molecule has 0 radical (unpaired) electrons. The number of rotatable bonds is 4. The Bertz CT molecular complexity index is 991. The van der Waals surface area contributed by atoms with E-state index in [2.05, 4.69) is 11.2 Å². The highest BCUT2D eigenvalue weighted by molar-refractivity contribution is 5.85. The Morgan fingerprint density at radius 3 is 2.54 bits per heavy atom. The molecule has 0 aliphatic rings. The van der Waals surface area contributed by atoms with Crippen molar-refractivity contribution >= 4 is 10.8 Å². The number of aryl methyl sites for hydroxylation is 1. The molecule has 0 saturated carbocycles. The fraction of sp³-hybridized carbons (Fsp3) is 0.250. The van der Waals surface area contributed by atoms with Crippen molar-refractivity contribution in [2.45, 2.75) is 33.2 Å². The van der Waals surface area contributed by atoms with E-state index in [1.807, 2.05) is 56.3 Å². The second-order valence-corrected chi connectivity index (χ2v) is 5.72. The molecule has 120 valence electrons. The first kappa shape index (κ1) is 15.9. The van der Waals surface area contributed by atoms with Crippen LogP contribution in [0, 0.1) is 11.3 Å². The molecule has 3 rings (SSSR count).